The van der Waals surface area contributed by atoms with E-state index in [1.807, 2.05) is 32.0 Å². The van der Waals surface area contributed by atoms with Gasteiger partial charge in [-0.05, 0) is 67.8 Å². The van der Waals surface area contributed by atoms with Gasteiger partial charge in [0.15, 0.2) is 0 Å². The first kappa shape index (κ1) is 23.9. The molecule has 0 bridgehead atoms. The minimum Gasteiger partial charge on any atom is -0.385 e. The highest BCUT2D eigenvalue weighted by Crippen LogP contribution is 2.27. The number of nitrogens with one attached hydrogen (secondary N) is 2. The fourth-order valence-corrected chi connectivity index (χ4v) is 4.57. The molecular formula is C23H29N3O5S. The fourth-order valence-electron chi connectivity index (χ4n) is 3.49. The van der Waals surface area contributed by atoms with Crippen molar-refractivity contribution in [1.29, 1.82) is 0 Å². The normalized spacial score (nSPS) is 16.4. The van der Waals surface area contributed by atoms with Gasteiger partial charge in [0.1, 0.15) is 0 Å². The summed E-state index contributed by atoms with van der Waals surface area (Å²) in [5, 5.41) is 2.79. The zero-order valence-electron chi connectivity index (χ0n) is 18.6. The van der Waals surface area contributed by atoms with Crippen molar-refractivity contribution in [2.75, 3.05) is 37.0 Å². The number of ether oxygens (including phenoxy) is 1. The summed E-state index contributed by atoms with van der Waals surface area (Å²) in [5.41, 5.74) is 3.50. The predicted molar refractivity (Wildman–Crippen MR) is 123 cm³/mol. The number of carbonyl (C=O) groups is 2. The number of sulfonamides is 1. The molecule has 2 N–H and O–H groups in total. The molecule has 8 nitrogen and oxygen atoms in total. The Balaban J connectivity index is 1.60. The van der Waals surface area contributed by atoms with Gasteiger partial charge in [-0.3, -0.25) is 9.59 Å². The summed E-state index contributed by atoms with van der Waals surface area (Å²) in [7, 11) is -2.06. The van der Waals surface area contributed by atoms with E-state index in [2.05, 4.69) is 10.0 Å². The summed E-state index contributed by atoms with van der Waals surface area (Å²) in [6, 6.07) is 11.8. The van der Waals surface area contributed by atoms with Crippen LogP contribution in [-0.4, -0.2) is 47.0 Å². The van der Waals surface area contributed by atoms with E-state index < -0.39 is 15.9 Å². The van der Waals surface area contributed by atoms with Crippen molar-refractivity contribution in [3.63, 3.8) is 0 Å². The second-order valence-corrected chi connectivity index (χ2v) is 9.70. The first-order valence-corrected chi connectivity index (χ1v) is 12.0. The Morgan fingerprint density at radius 2 is 1.84 bits per heavy atom. The quantitative estimate of drug-likeness (QED) is 0.561. The maximum absolute atomic E-state index is 12.7. The van der Waals surface area contributed by atoms with Gasteiger partial charge in [0.05, 0.1) is 10.8 Å². The van der Waals surface area contributed by atoms with E-state index in [-0.39, 0.29) is 29.7 Å². The van der Waals surface area contributed by atoms with E-state index >= 15 is 0 Å². The lowest BCUT2D eigenvalue weighted by atomic mass is 10.1. The lowest BCUT2D eigenvalue weighted by Crippen LogP contribution is -2.28. The van der Waals surface area contributed by atoms with Crippen molar-refractivity contribution in [2.24, 2.45) is 5.92 Å². The lowest BCUT2D eigenvalue weighted by molar-refractivity contribution is -0.122. The van der Waals surface area contributed by atoms with Crippen LogP contribution in [0.2, 0.25) is 0 Å². The number of anilines is 2. The number of nitrogens with zero attached hydrogens (tertiary/aromatic N) is 1. The van der Waals surface area contributed by atoms with Gasteiger partial charge in [-0.25, -0.2) is 13.1 Å². The molecule has 1 fully saturated rings. The van der Waals surface area contributed by atoms with Crippen molar-refractivity contribution in [3.8, 4) is 0 Å². The van der Waals surface area contributed by atoms with Crippen molar-refractivity contribution in [1.82, 2.24) is 4.72 Å². The Labute approximate surface area is 189 Å². The SMILES string of the molecule is COCCCNS(=O)(=O)c1ccc(NC(=O)[C@@H]2CC(=O)N(c3ccc(C)c(C)c3)C2)cc1. The number of hydrogen-bond acceptors (Lipinski definition) is 5. The Kier molecular flexibility index (Phi) is 7.65. The molecule has 0 radical (unpaired) electrons. The second-order valence-electron chi connectivity index (χ2n) is 7.93. The zero-order chi connectivity index (χ0) is 23.3. The monoisotopic (exact) mass is 459 g/mol. The summed E-state index contributed by atoms with van der Waals surface area (Å²) in [6.07, 6.45) is 0.708. The van der Waals surface area contributed by atoms with E-state index in [9.17, 15) is 18.0 Å². The molecule has 1 aliphatic rings. The van der Waals surface area contributed by atoms with E-state index in [1.165, 1.54) is 12.1 Å². The summed E-state index contributed by atoms with van der Waals surface area (Å²) in [6.45, 7) is 5.06. The average Bonchev–Trinajstić information content (AvgIpc) is 3.15. The second kappa shape index (κ2) is 10.2. The van der Waals surface area contributed by atoms with Gasteiger partial charge in [-0.1, -0.05) is 6.07 Å². The van der Waals surface area contributed by atoms with Crippen LogP contribution in [0.15, 0.2) is 47.4 Å². The first-order chi connectivity index (χ1) is 15.2. The van der Waals surface area contributed by atoms with Crippen LogP contribution >= 0.6 is 0 Å². The molecule has 1 heterocycles. The third-order valence-electron chi connectivity index (χ3n) is 5.55. The number of aryl methyl sites for hydroxylation is 2. The van der Waals surface area contributed by atoms with Crippen LogP contribution in [-0.2, 0) is 24.3 Å². The number of hydrogen-bond donors (Lipinski definition) is 2. The average molecular weight is 460 g/mol. The standard InChI is InChI=1S/C23H29N3O5S/c1-16-5-8-20(13-17(16)2)26-15-18(14-22(26)27)23(28)25-19-6-9-21(10-7-19)32(29,30)24-11-4-12-31-3/h5-10,13,18,24H,4,11-12,14-15H2,1-3H3,(H,25,28)/t18-/m1/s1. The molecule has 2 amide bonds. The Morgan fingerprint density at radius 1 is 1.12 bits per heavy atom. The van der Waals surface area contributed by atoms with Crippen molar-refractivity contribution < 1.29 is 22.7 Å². The molecule has 0 spiro atoms. The summed E-state index contributed by atoms with van der Waals surface area (Å²) >= 11 is 0. The van der Waals surface area contributed by atoms with Gasteiger partial charge < -0.3 is 15.0 Å². The molecule has 0 unspecified atom stereocenters. The molecule has 1 aliphatic heterocycles. The minimum atomic E-state index is -3.62. The molecule has 0 saturated carbocycles. The van der Waals surface area contributed by atoms with Crippen LogP contribution < -0.4 is 14.9 Å². The maximum Gasteiger partial charge on any atom is 0.240 e. The highest BCUT2D eigenvalue weighted by molar-refractivity contribution is 7.89. The van der Waals surface area contributed by atoms with Crippen LogP contribution in [0.4, 0.5) is 11.4 Å². The lowest BCUT2D eigenvalue weighted by Gasteiger charge is -2.18. The molecule has 1 atom stereocenters. The topological polar surface area (TPSA) is 105 Å². The van der Waals surface area contributed by atoms with Crippen LogP contribution in [0.5, 0.6) is 0 Å². The van der Waals surface area contributed by atoms with Crippen LogP contribution in [0.3, 0.4) is 0 Å². The number of rotatable bonds is 9. The molecule has 32 heavy (non-hydrogen) atoms. The molecule has 3 rings (SSSR count). The van der Waals surface area contributed by atoms with Crippen molar-refractivity contribution >= 4 is 33.2 Å². The van der Waals surface area contributed by atoms with Gasteiger partial charge in [-0.2, -0.15) is 0 Å². The Morgan fingerprint density at radius 3 is 2.50 bits per heavy atom. The third-order valence-corrected chi connectivity index (χ3v) is 7.02. The number of amides is 2. The Hall–Kier alpha value is -2.75. The first-order valence-electron chi connectivity index (χ1n) is 10.5. The van der Waals surface area contributed by atoms with Gasteiger partial charge in [-0.15, -0.1) is 0 Å². The van der Waals surface area contributed by atoms with Crippen molar-refractivity contribution in [3.05, 3.63) is 53.6 Å². The summed E-state index contributed by atoms with van der Waals surface area (Å²) in [5.74, 6) is -0.831. The number of methoxy groups -OCH3 is 1. The molecule has 2 aromatic carbocycles. The van der Waals surface area contributed by atoms with E-state index in [0.717, 1.165) is 16.8 Å². The summed E-state index contributed by atoms with van der Waals surface area (Å²) < 4.78 is 32.0. The fraction of sp³-hybridized carbons (Fsp3) is 0.391. The molecule has 172 valence electrons. The predicted octanol–water partition coefficient (Wildman–Crippen LogP) is 2.61. The zero-order valence-corrected chi connectivity index (χ0v) is 19.4. The third kappa shape index (κ3) is 5.73. The smallest absolute Gasteiger partial charge is 0.240 e. The van der Waals surface area contributed by atoms with E-state index in [4.69, 9.17) is 4.74 Å². The van der Waals surface area contributed by atoms with E-state index in [0.29, 0.717) is 25.3 Å². The van der Waals surface area contributed by atoms with Gasteiger partial charge in [0.25, 0.3) is 0 Å². The van der Waals surface area contributed by atoms with Crippen LogP contribution in [0, 0.1) is 19.8 Å². The number of carbonyl (C=O) groups excluding carboxylic acids is 2. The molecule has 0 aliphatic carbocycles. The van der Waals surface area contributed by atoms with Crippen LogP contribution in [0.1, 0.15) is 24.0 Å². The largest absolute Gasteiger partial charge is 0.385 e. The molecule has 0 aromatic heterocycles. The Bertz CT molecular complexity index is 1080. The molecular weight excluding hydrogens is 430 g/mol. The molecule has 9 heteroatoms. The highest BCUT2D eigenvalue weighted by Gasteiger charge is 2.35. The summed E-state index contributed by atoms with van der Waals surface area (Å²) in [4.78, 5) is 27.0. The van der Waals surface area contributed by atoms with Crippen molar-refractivity contribution in [2.45, 2.75) is 31.6 Å². The highest BCUT2D eigenvalue weighted by atomic mass is 32.2. The van der Waals surface area contributed by atoms with Crippen LogP contribution in [0.25, 0.3) is 0 Å². The maximum atomic E-state index is 12.7. The van der Waals surface area contributed by atoms with Gasteiger partial charge >= 0.3 is 0 Å². The molecule has 1 saturated heterocycles. The number of benzene rings is 2. The van der Waals surface area contributed by atoms with E-state index in [1.54, 1.807) is 24.1 Å². The minimum absolute atomic E-state index is 0.0885. The molecule has 2 aromatic rings. The van der Waals surface area contributed by atoms with Gasteiger partial charge in [0.2, 0.25) is 21.8 Å². The van der Waals surface area contributed by atoms with Gasteiger partial charge in [0, 0.05) is 44.6 Å².